The molecule has 1 atom stereocenters. The summed E-state index contributed by atoms with van der Waals surface area (Å²) in [4.78, 5) is 21.6. The number of hydrogen-bond acceptors (Lipinski definition) is 6. The van der Waals surface area contributed by atoms with Crippen molar-refractivity contribution in [1.29, 1.82) is 0 Å². The Morgan fingerprint density at radius 1 is 1.45 bits per heavy atom. The molecule has 1 unspecified atom stereocenters. The van der Waals surface area contributed by atoms with E-state index in [1.165, 1.54) is 18.5 Å². The Morgan fingerprint density at radius 2 is 2.30 bits per heavy atom. The largest absolute Gasteiger partial charge is 0.346 e. The molecule has 3 N–H and O–H groups in total. The summed E-state index contributed by atoms with van der Waals surface area (Å²) >= 11 is 0. The van der Waals surface area contributed by atoms with Crippen molar-refractivity contribution >= 4 is 22.7 Å². The zero-order valence-corrected chi connectivity index (χ0v) is 10.5. The van der Waals surface area contributed by atoms with Gasteiger partial charge < -0.3 is 10.3 Å². The number of benzene rings is 1. The summed E-state index contributed by atoms with van der Waals surface area (Å²) in [6.45, 7) is 1.90. The standard InChI is InChI=1S/C11H11N7O2/c1-6(10-12-5-13-17-10)14-11-15-8-3-2-7(18(19)20)4-9(8)16-11/h2-6H,1H3,(H,12,13,17)(H2,14,15,16). The van der Waals surface area contributed by atoms with Crippen molar-refractivity contribution in [2.75, 3.05) is 5.32 Å². The predicted molar refractivity (Wildman–Crippen MR) is 71.2 cm³/mol. The molecule has 9 nitrogen and oxygen atoms in total. The third-order valence-electron chi connectivity index (χ3n) is 2.87. The van der Waals surface area contributed by atoms with Gasteiger partial charge in [0.05, 0.1) is 22.0 Å². The second-order valence-electron chi connectivity index (χ2n) is 4.28. The number of nitro benzene ring substituents is 1. The lowest BCUT2D eigenvalue weighted by molar-refractivity contribution is -0.384. The van der Waals surface area contributed by atoms with Crippen molar-refractivity contribution in [3.8, 4) is 0 Å². The molecule has 0 radical (unpaired) electrons. The van der Waals surface area contributed by atoms with Gasteiger partial charge in [0.1, 0.15) is 12.2 Å². The molecule has 0 aliphatic rings. The van der Waals surface area contributed by atoms with Gasteiger partial charge >= 0.3 is 0 Å². The number of fused-ring (bicyclic) bond motifs is 1. The maximum absolute atomic E-state index is 10.7. The number of aromatic nitrogens is 5. The molecule has 0 saturated heterocycles. The van der Waals surface area contributed by atoms with Crippen LogP contribution in [0.15, 0.2) is 24.5 Å². The number of anilines is 1. The quantitative estimate of drug-likeness (QED) is 0.491. The number of aromatic amines is 2. The fourth-order valence-corrected chi connectivity index (χ4v) is 1.88. The number of nitrogens with one attached hydrogen (secondary N) is 3. The van der Waals surface area contributed by atoms with Gasteiger partial charge in [0.2, 0.25) is 5.95 Å². The first-order valence-corrected chi connectivity index (χ1v) is 5.89. The van der Waals surface area contributed by atoms with Crippen molar-refractivity contribution in [3.05, 3.63) is 40.5 Å². The van der Waals surface area contributed by atoms with Crippen LogP contribution in [0.3, 0.4) is 0 Å². The van der Waals surface area contributed by atoms with Crippen LogP contribution >= 0.6 is 0 Å². The molecular weight excluding hydrogens is 262 g/mol. The Balaban J connectivity index is 1.87. The Bertz CT molecular complexity index is 749. The van der Waals surface area contributed by atoms with Crippen molar-refractivity contribution < 1.29 is 4.92 Å². The Labute approximate surface area is 112 Å². The third-order valence-corrected chi connectivity index (χ3v) is 2.87. The van der Waals surface area contributed by atoms with Crippen LogP contribution in [-0.4, -0.2) is 30.1 Å². The normalized spacial score (nSPS) is 12.4. The SMILES string of the molecule is CC(Nc1nc2ccc([N+](=O)[O-])cc2[nH]1)c1ncn[nH]1. The maximum atomic E-state index is 10.7. The monoisotopic (exact) mass is 273 g/mol. The topological polar surface area (TPSA) is 125 Å². The summed E-state index contributed by atoms with van der Waals surface area (Å²) in [6.07, 6.45) is 1.43. The van der Waals surface area contributed by atoms with Crippen LogP contribution in [0.4, 0.5) is 11.6 Å². The number of nitrogens with zero attached hydrogens (tertiary/aromatic N) is 4. The van der Waals surface area contributed by atoms with E-state index in [2.05, 4.69) is 30.5 Å². The van der Waals surface area contributed by atoms with Gasteiger partial charge in [0.25, 0.3) is 5.69 Å². The van der Waals surface area contributed by atoms with E-state index >= 15 is 0 Å². The van der Waals surface area contributed by atoms with E-state index < -0.39 is 4.92 Å². The summed E-state index contributed by atoms with van der Waals surface area (Å²) in [7, 11) is 0. The lowest BCUT2D eigenvalue weighted by Gasteiger charge is -2.08. The van der Waals surface area contributed by atoms with Gasteiger partial charge in [-0.25, -0.2) is 9.97 Å². The highest BCUT2D eigenvalue weighted by atomic mass is 16.6. The molecule has 2 aromatic heterocycles. The molecule has 0 saturated carbocycles. The molecule has 3 rings (SSSR count). The third kappa shape index (κ3) is 2.16. The number of nitro groups is 1. The van der Waals surface area contributed by atoms with E-state index in [9.17, 15) is 10.1 Å². The van der Waals surface area contributed by atoms with Crippen molar-refractivity contribution in [1.82, 2.24) is 25.1 Å². The molecule has 0 fully saturated rings. The van der Waals surface area contributed by atoms with Gasteiger partial charge in [0, 0.05) is 12.1 Å². The summed E-state index contributed by atoms with van der Waals surface area (Å²) in [5.41, 5.74) is 1.28. The average Bonchev–Trinajstić information content (AvgIpc) is 3.06. The second-order valence-corrected chi connectivity index (χ2v) is 4.28. The van der Waals surface area contributed by atoms with Gasteiger partial charge in [-0.2, -0.15) is 5.10 Å². The maximum Gasteiger partial charge on any atom is 0.271 e. The first-order valence-electron chi connectivity index (χ1n) is 5.89. The smallest absolute Gasteiger partial charge is 0.271 e. The highest BCUT2D eigenvalue weighted by Crippen LogP contribution is 2.22. The van der Waals surface area contributed by atoms with E-state index in [1.54, 1.807) is 6.07 Å². The summed E-state index contributed by atoms with van der Waals surface area (Å²) < 4.78 is 0. The van der Waals surface area contributed by atoms with E-state index in [1.807, 2.05) is 6.92 Å². The zero-order chi connectivity index (χ0) is 14.1. The molecule has 1 aromatic carbocycles. The molecule has 2 heterocycles. The first-order chi connectivity index (χ1) is 9.63. The van der Waals surface area contributed by atoms with Gasteiger partial charge in [-0.3, -0.25) is 15.2 Å². The van der Waals surface area contributed by atoms with Crippen LogP contribution in [0.2, 0.25) is 0 Å². The van der Waals surface area contributed by atoms with E-state index in [-0.39, 0.29) is 11.7 Å². The Hall–Kier alpha value is -2.97. The molecule has 102 valence electrons. The lowest BCUT2D eigenvalue weighted by Crippen LogP contribution is -2.09. The van der Waals surface area contributed by atoms with Gasteiger partial charge in [-0.05, 0) is 13.0 Å². The highest BCUT2D eigenvalue weighted by molar-refractivity contribution is 5.79. The molecule has 9 heteroatoms. The van der Waals surface area contributed by atoms with Crippen LogP contribution < -0.4 is 5.32 Å². The minimum Gasteiger partial charge on any atom is -0.346 e. The molecule has 0 bridgehead atoms. The van der Waals surface area contributed by atoms with Crippen LogP contribution in [0.5, 0.6) is 0 Å². The summed E-state index contributed by atoms with van der Waals surface area (Å²) in [6, 6.07) is 4.36. The zero-order valence-electron chi connectivity index (χ0n) is 10.5. The average molecular weight is 273 g/mol. The molecule has 0 aliphatic carbocycles. The van der Waals surface area contributed by atoms with Crippen LogP contribution in [0, 0.1) is 10.1 Å². The lowest BCUT2D eigenvalue weighted by atomic mass is 10.3. The Morgan fingerprint density at radius 3 is 3.00 bits per heavy atom. The number of rotatable bonds is 4. The van der Waals surface area contributed by atoms with Gasteiger partial charge in [0.15, 0.2) is 0 Å². The van der Waals surface area contributed by atoms with Crippen LogP contribution in [0.1, 0.15) is 18.8 Å². The van der Waals surface area contributed by atoms with Gasteiger partial charge in [-0.1, -0.05) is 0 Å². The predicted octanol–water partition coefficient (Wildman–Crippen LogP) is 1.76. The highest BCUT2D eigenvalue weighted by Gasteiger charge is 2.12. The van der Waals surface area contributed by atoms with E-state index in [0.717, 1.165) is 0 Å². The summed E-state index contributed by atoms with van der Waals surface area (Å²) in [5.74, 6) is 1.20. The Kier molecular flexibility index (Phi) is 2.78. The number of hydrogen-bond donors (Lipinski definition) is 3. The minimum absolute atomic E-state index is 0.0241. The minimum atomic E-state index is -0.440. The summed E-state index contributed by atoms with van der Waals surface area (Å²) in [5, 5.41) is 20.4. The second kappa shape index (κ2) is 4.61. The first kappa shape index (κ1) is 12.1. The van der Waals surface area contributed by atoms with Crippen LogP contribution in [-0.2, 0) is 0 Å². The van der Waals surface area contributed by atoms with E-state index in [0.29, 0.717) is 22.8 Å². The number of H-pyrrole nitrogens is 2. The van der Waals surface area contributed by atoms with E-state index in [4.69, 9.17) is 0 Å². The molecular formula is C11H11N7O2. The molecule has 0 amide bonds. The molecule has 3 aromatic rings. The fourth-order valence-electron chi connectivity index (χ4n) is 1.88. The number of imidazole rings is 1. The molecule has 20 heavy (non-hydrogen) atoms. The molecule has 0 aliphatic heterocycles. The van der Waals surface area contributed by atoms with Crippen molar-refractivity contribution in [3.63, 3.8) is 0 Å². The van der Waals surface area contributed by atoms with Crippen LogP contribution in [0.25, 0.3) is 11.0 Å². The number of non-ortho nitro benzene ring substituents is 1. The molecule has 0 spiro atoms. The van der Waals surface area contributed by atoms with Crippen molar-refractivity contribution in [2.24, 2.45) is 0 Å². The van der Waals surface area contributed by atoms with Crippen molar-refractivity contribution in [2.45, 2.75) is 13.0 Å². The van der Waals surface area contributed by atoms with Gasteiger partial charge in [-0.15, -0.1) is 0 Å². The fraction of sp³-hybridized carbons (Fsp3) is 0.182.